The number of carbonyl (C=O) groups excluding carboxylic acids is 1. The van der Waals surface area contributed by atoms with Crippen molar-refractivity contribution in [1.29, 1.82) is 0 Å². The summed E-state index contributed by atoms with van der Waals surface area (Å²) < 4.78 is 0. The SMILES string of the molecule is CCCCCN(C(=O)N[C@H]1CC[C@@H](C(=O)O)C1)C(C)C. The second-order valence-electron chi connectivity index (χ2n) is 5.99. The van der Waals surface area contributed by atoms with Crippen LogP contribution in [-0.4, -0.2) is 40.6 Å². The Hall–Kier alpha value is -1.26. The standard InChI is InChI=1S/C15H28N2O3/c1-4-5-6-9-17(11(2)3)15(20)16-13-8-7-12(10-13)14(18)19/h11-13H,4-10H2,1-3H3,(H,16,20)(H,18,19)/t12-,13+/m1/s1. The molecule has 0 spiro atoms. The minimum atomic E-state index is -0.745. The quantitative estimate of drug-likeness (QED) is 0.706. The summed E-state index contributed by atoms with van der Waals surface area (Å²) in [5, 5.41) is 12.0. The van der Waals surface area contributed by atoms with Crippen molar-refractivity contribution < 1.29 is 14.7 Å². The van der Waals surface area contributed by atoms with E-state index in [-0.39, 0.29) is 24.0 Å². The van der Waals surface area contributed by atoms with Gasteiger partial charge in [-0.15, -0.1) is 0 Å². The number of nitrogens with zero attached hydrogens (tertiary/aromatic N) is 1. The summed E-state index contributed by atoms with van der Waals surface area (Å²) in [7, 11) is 0. The molecule has 0 aliphatic heterocycles. The second kappa shape index (κ2) is 8.12. The van der Waals surface area contributed by atoms with Gasteiger partial charge in [-0.1, -0.05) is 19.8 Å². The maximum Gasteiger partial charge on any atom is 0.317 e. The maximum atomic E-state index is 12.3. The lowest BCUT2D eigenvalue weighted by Crippen LogP contribution is -2.47. The number of carboxylic acids is 1. The van der Waals surface area contributed by atoms with Gasteiger partial charge >= 0.3 is 12.0 Å². The molecule has 0 unspecified atom stereocenters. The molecule has 20 heavy (non-hydrogen) atoms. The Balaban J connectivity index is 2.44. The highest BCUT2D eigenvalue weighted by Crippen LogP contribution is 2.25. The van der Waals surface area contributed by atoms with E-state index in [1.165, 1.54) is 0 Å². The fraction of sp³-hybridized carbons (Fsp3) is 0.867. The number of carboxylic acid groups (broad SMARTS) is 1. The van der Waals surface area contributed by atoms with E-state index in [1.54, 1.807) is 0 Å². The molecule has 1 aliphatic rings. The summed E-state index contributed by atoms with van der Waals surface area (Å²) >= 11 is 0. The van der Waals surface area contributed by atoms with Gasteiger partial charge in [-0.25, -0.2) is 4.79 Å². The molecule has 0 aromatic rings. The third-order valence-electron chi connectivity index (χ3n) is 4.00. The molecule has 116 valence electrons. The summed E-state index contributed by atoms with van der Waals surface area (Å²) in [4.78, 5) is 25.1. The number of hydrogen-bond acceptors (Lipinski definition) is 2. The number of urea groups is 1. The fourth-order valence-electron chi connectivity index (χ4n) is 2.72. The second-order valence-corrected chi connectivity index (χ2v) is 5.99. The normalized spacial score (nSPS) is 22.0. The van der Waals surface area contributed by atoms with Gasteiger partial charge < -0.3 is 15.3 Å². The van der Waals surface area contributed by atoms with E-state index in [4.69, 9.17) is 5.11 Å². The van der Waals surface area contributed by atoms with Crippen LogP contribution in [0.15, 0.2) is 0 Å². The van der Waals surface area contributed by atoms with Gasteiger partial charge in [-0.3, -0.25) is 4.79 Å². The molecule has 1 fully saturated rings. The average molecular weight is 284 g/mol. The van der Waals surface area contributed by atoms with Gasteiger partial charge in [0.1, 0.15) is 0 Å². The highest BCUT2D eigenvalue weighted by atomic mass is 16.4. The molecule has 2 atom stereocenters. The van der Waals surface area contributed by atoms with Crippen molar-refractivity contribution in [2.45, 2.75) is 71.4 Å². The Morgan fingerprint density at radius 3 is 2.50 bits per heavy atom. The van der Waals surface area contributed by atoms with Crippen LogP contribution >= 0.6 is 0 Å². The van der Waals surface area contributed by atoms with Gasteiger partial charge in [0.2, 0.25) is 0 Å². The molecule has 1 aliphatic carbocycles. The highest BCUT2D eigenvalue weighted by Gasteiger charge is 2.31. The number of nitrogens with one attached hydrogen (secondary N) is 1. The van der Waals surface area contributed by atoms with Gasteiger partial charge in [0.05, 0.1) is 5.92 Å². The minimum Gasteiger partial charge on any atom is -0.481 e. The summed E-state index contributed by atoms with van der Waals surface area (Å²) in [6, 6.07) is 0.131. The van der Waals surface area contributed by atoms with Crippen LogP contribution in [0, 0.1) is 5.92 Å². The molecule has 1 saturated carbocycles. The number of aliphatic carboxylic acids is 1. The van der Waals surface area contributed by atoms with Crippen LogP contribution < -0.4 is 5.32 Å². The number of amides is 2. The molecule has 5 heteroatoms. The summed E-state index contributed by atoms with van der Waals surface area (Å²) in [5.41, 5.74) is 0. The number of rotatable bonds is 7. The zero-order chi connectivity index (χ0) is 15.1. The lowest BCUT2D eigenvalue weighted by atomic mass is 10.1. The molecule has 0 aromatic carbocycles. The van der Waals surface area contributed by atoms with Crippen molar-refractivity contribution in [2.24, 2.45) is 5.92 Å². The lowest BCUT2D eigenvalue weighted by molar-refractivity contribution is -0.141. The Bertz CT molecular complexity index is 331. The molecule has 5 nitrogen and oxygen atoms in total. The van der Waals surface area contributed by atoms with Crippen molar-refractivity contribution in [3.8, 4) is 0 Å². The number of unbranched alkanes of at least 4 members (excludes halogenated alkanes) is 2. The van der Waals surface area contributed by atoms with E-state index in [0.29, 0.717) is 12.8 Å². The smallest absolute Gasteiger partial charge is 0.317 e. The predicted molar refractivity (Wildman–Crippen MR) is 78.7 cm³/mol. The van der Waals surface area contributed by atoms with Crippen LogP contribution in [0.1, 0.15) is 59.3 Å². The van der Waals surface area contributed by atoms with E-state index in [9.17, 15) is 9.59 Å². The average Bonchev–Trinajstić information content (AvgIpc) is 2.82. The molecule has 0 radical (unpaired) electrons. The van der Waals surface area contributed by atoms with Gasteiger partial charge in [0.25, 0.3) is 0 Å². The van der Waals surface area contributed by atoms with E-state index in [0.717, 1.165) is 32.2 Å². The molecule has 0 bridgehead atoms. The molecular formula is C15H28N2O3. The molecule has 2 N–H and O–H groups in total. The first-order chi connectivity index (χ1) is 9.45. The molecule has 0 saturated heterocycles. The van der Waals surface area contributed by atoms with Crippen molar-refractivity contribution in [2.75, 3.05) is 6.54 Å². The Kier molecular flexibility index (Phi) is 6.82. The third-order valence-corrected chi connectivity index (χ3v) is 4.00. The largest absolute Gasteiger partial charge is 0.481 e. The molecule has 2 amide bonds. The van der Waals surface area contributed by atoms with Crippen molar-refractivity contribution in [1.82, 2.24) is 10.2 Å². The lowest BCUT2D eigenvalue weighted by Gasteiger charge is -2.28. The Morgan fingerprint density at radius 2 is 2.00 bits per heavy atom. The van der Waals surface area contributed by atoms with Gasteiger partial charge in [-0.2, -0.15) is 0 Å². The van der Waals surface area contributed by atoms with Crippen molar-refractivity contribution in [3.63, 3.8) is 0 Å². The van der Waals surface area contributed by atoms with E-state index in [1.807, 2.05) is 18.7 Å². The zero-order valence-corrected chi connectivity index (χ0v) is 12.9. The Morgan fingerprint density at radius 1 is 1.30 bits per heavy atom. The monoisotopic (exact) mass is 284 g/mol. The van der Waals surface area contributed by atoms with Crippen LogP contribution in [0.5, 0.6) is 0 Å². The minimum absolute atomic E-state index is 0.0102. The summed E-state index contributed by atoms with van der Waals surface area (Å²) in [6.45, 7) is 6.94. The van der Waals surface area contributed by atoms with Crippen molar-refractivity contribution in [3.05, 3.63) is 0 Å². The molecule has 0 heterocycles. The number of hydrogen-bond donors (Lipinski definition) is 2. The van der Waals surface area contributed by atoms with Gasteiger partial charge in [0.15, 0.2) is 0 Å². The van der Waals surface area contributed by atoms with Gasteiger partial charge in [0, 0.05) is 18.6 Å². The fourth-order valence-corrected chi connectivity index (χ4v) is 2.72. The first-order valence-corrected chi connectivity index (χ1v) is 7.75. The van der Waals surface area contributed by atoms with E-state index >= 15 is 0 Å². The van der Waals surface area contributed by atoms with Crippen molar-refractivity contribution >= 4 is 12.0 Å². The Labute approximate surface area is 121 Å². The first kappa shape index (κ1) is 16.8. The van der Waals surface area contributed by atoms with Crippen LogP contribution in [-0.2, 0) is 4.79 Å². The van der Waals surface area contributed by atoms with Crippen LogP contribution in [0.3, 0.4) is 0 Å². The summed E-state index contributed by atoms with van der Waals surface area (Å²) in [5.74, 6) is -1.04. The van der Waals surface area contributed by atoms with Crippen LogP contribution in [0.25, 0.3) is 0 Å². The molecule has 1 rings (SSSR count). The molecular weight excluding hydrogens is 256 g/mol. The zero-order valence-electron chi connectivity index (χ0n) is 12.9. The van der Waals surface area contributed by atoms with Crippen LogP contribution in [0.4, 0.5) is 4.79 Å². The summed E-state index contributed by atoms with van der Waals surface area (Å²) in [6.07, 6.45) is 5.27. The van der Waals surface area contributed by atoms with Gasteiger partial charge in [-0.05, 0) is 39.5 Å². The van der Waals surface area contributed by atoms with Crippen LogP contribution in [0.2, 0.25) is 0 Å². The molecule has 0 aromatic heterocycles. The third kappa shape index (κ3) is 5.02. The van der Waals surface area contributed by atoms with E-state index < -0.39 is 5.97 Å². The highest BCUT2D eigenvalue weighted by molar-refractivity contribution is 5.75. The number of carbonyl (C=O) groups is 2. The topological polar surface area (TPSA) is 69.6 Å². The maximum absolute atomic E-state index is 12.3. The first-order valence-electron chi connectivity index (χ1n) is 7.75. The predicted octanol–water partition coefficient (Wildman–Crippen LogP) is 2.85. The van der Waals surface area contributed by atoms with E-state index in [2.05, 4.69) is 12.2 Å².